The SMILES string of the molecule is CN(c1ccccc1CO)C1CCC1. The first kappa shape index (κ1) is 9.53. The molecule has 0 spiro atoms. The molecule has 2 nitrogen and oxygen atoms in total. The maximum Gasteiger partial charge on any atom is 0.0702 e. The number of hydrogen-bond donors (Lipinski definition) is 1. The predicted octanol–water partition coefficient (Wildman–Crippen LogP) is 2.17. The molecule has 1 saturated carbocycles. The van der Waals surface area contributed by atoms with Crippen LogP contribution in [0.1, 0.15) is 24.8 Å². The number of benzene rings is 1. The van der Waals surface area contributed by atoms with Crippen LogP contribution in [0.3, 0.4) is 0 Å². The summed E-state index contributed by atoms with van der Waals surface area (Å²) in [6.45, 7) is 0.132. The number of aliphatic hydroxyl groups excluding tert-OH is 1. The summed E-state index contributed by atoms with van der Waals surface area (Å²) in [7, 11) is 2.12. The molecule has 0 atom stereocenters. The zero-order valence-corrected chi connectivity index (χ0v) is 8.61. The standard InChI is InChI=1S/C12H17NO/c1-13(11-6-4-7-11)12-8-3-2-5-10(12)9-14/h2-3,5,8,11,14H,4,6-7,9H2,1H3. The van der Waals surface area contributed by atoms with Crippen molar-refractivity contribution in [3.63, 3.8) is 0 Å². The predicted molar refractivity (Wildman–Crippen MR) is 58.4 cm³/mol. The number of anilines is 1. The molecule has 1 N–H and O–H groups in total. The highest BCUT2D eigenvalue weighted by Gasteiger charge is 2.23. The summed E-state index contributed by atoms with van der Waals surface area (Å²) in [5.74, 6) is 0. The van der Waals surface area contributed by atoms with Crippen molar-refractivity contribution in [2.45, 2.75) is 31.9 Å². The van der Waals surface area contributed by atoms with Gasteiger partial charge >= 0.3 is 0 Å². The molecule has 1 aliphatic carbocycles. The quantitative estimate of drug-likeness (QED) is 0.791. The van der Waals surface area contributed by atoms with Crippen molar-refractivity contribution in [3.05, 3.63) is 29.8 Å². The van der Waals surface area contributed by atoms with Gasteiger partial charge < -0.3 is 10.0 Å². The van der Waals surface area contributed by atoms with E-state index in [2.05, 4.69) is 18.0 Å². The number of hydrogen-bond acceptors (Lipinski definition) is 2. The molecule has 0 aliphatic heterocycles. The first-order valence-electron chi connectivity index (χ1n) is 5.24. The van der Waals surface area contributed by atoms with Crippen LogP contribution in [-0.4, -0.2) is 18.2 Å². The Labute approximate surface area is 85.2 Å². The van der Waals surface area contributed by atoms with E-state index in [9.17, 15) is 5.11 Å². The van der Waals surface area contributed by atoms with E-state index in [0.29, 0.717) is 6.04 Å². The van der Waals surface area contributed by atoms with Gasteiger partial charge in [0.2, 0.25) is 0 Å². The van der Waals surface area contributed by atoms with Crippen LogP contribution in [0.15, 0.2) is 24.3 Å². The second-order valence-electron chi connectivity index (χ2n) is 3.98. The van der Waals surface area contributed by atoms with E-state index in [1.54, 1.807) is 0 Å². The zero-order valence-electron chi connectivity index (χ0n) is 8.61. The van der Waals surface area contributed by atoms with Crippen molar-refractivity contribution in [3.8, 4) is 0 Å². The van der Waals surface area contributed by atoms with Gasteiger partial charge in [-0.15, -0.1) is 0 Å². The smallest absolute Gasteiger partial charge is 0.0702 e. The third-order valence-corrected chi connectivity index (χ3v) is 3.16. The van der Waals surface area contributed by atoms with E-state index in [1.165, 1.54) is 24.9 Å². The minimum absolute atomic E-state index is 0.132. The lowest BCUT2D eigenvalue weighted by molar-refractivity contribution is 0.281. The van der Waals surface area contributed by atoms with Crippen molar-refractivity contribution in [1.29, 1.82) is 0 Å². The second kappa shape index (κ2) is 4.01. The Kier molecular flexibility index (Phi) is 2.73. The van der Waals surface area contributed by atoms with E-state index in [-0.39, 0.29) is 6.61 Å². The molecule has 1 aliphatic rings. The summed E-state index contributed by atoms with van der Waals surface area (Å²) in [6, 6.07) is 8.77. The second-order valence-corrected chi connectivity index (χ2v) is 3.98. The Morgan fingerprint density at radius 3 is 2.64 bits per heavy atom. The molecule has 76 valence electrons. The van der Waals surface area contributed by atoms with Gasteiger partial charge in [0, 0.05) is 24.3 Å². The van der Waals surface area contributed by atoms with E-state index in [4.69, 9.17) is 0 Å². The Morgan fingerprint density at radius 1 is 1.36 bits per heavy atom. The molecule has 0 heterocycles. The zero-order chi connectivity index (χ0) is 9.97. The van der Waals surface area contributed by atoms with Crippen LogP contribution in [0.2, 0.25) is 0 Å². The maximum atomic E-state index is 9.21. The molecule has 2 rings (SSSR count). The fraction of sp³-hybridized carbons (Fsp3) is 0.500. The molecule has 14 heavy (non-hydrogen) atoms. The summed E-state index contributed by atoms with van der Waals surface area (Å²) < 4.78 is 0. The van der Waals surface area contributed by atoms with Crippen molar-refractivity contribution >= 4 is 5.69 Å². The van der Waals surface area contributed by atoms with E-state index in [0.717, 1.165) is 5.56 Å². The highest BCUT2D eigenvalue weighted by Crippen LogP contribution is 2.30. The molecule has 0 amide bonds. The van der Waals surface area contributed by atoms with E-state index in [1.807, 2.05) is 18.2 Å². The van der Waals surface area contributed by atoms with Crippen molar-refractivity contribution in [1.82, 2.24) is 0 Å². The highest BCUT2D eigenvalue weighted by molar-refractivity contribution is 5.53. The Bertz CT molecular complexity index is 307. The van der Waals surface area contributed by atoms with Gasteiger partial charge in [-0.1, -0.05) is 18.2 Å². The molecule has 0 bridgehead atoms. The van der Waals surface area contributed by atoms with Crippen LogP contribution in [0.5, 0.6) is 0 Å². The summed E-state index contributed by atoms with van der Waals surface area (Å²) in [5.41, 5.74) is 2.21. The van der Waals surface area contributed by atoms with Gasteiger partial charge in [-0.05, 0) is 25.3 Å². The number of para-hydroxylation sites is 1. The Hall–Kier alpha value is -1.02. The lowest BCUT2D eigenvalue weighted by Gasteiger charge is -2.37. The summed E-state index contributed by atoms with van der Waals surface area (Å²) in [5, 5.41) is 9.21. The Balaban J connectivity index is 2.20. The van der Waals surface area contributed by atoms with Gasteiger partial charge in [0.05, 0.1) is 6.61 Å². The van der Waals surface area contributed by atoms with Crippen LogP contribution in [0, 0.1) is 0 Å². The molecular weight excluding hydrogens is 174 g/mol. The van der Waals surface area contributed by atoms with Gasteiger partial charge in [-0.2, -0.15) is 0 Å². The fourth-order valence-electron chi connectivity index (χ4n) is 1.96. The molecule has 1 aromatic rings. The minimum Gasteiger partial charge on any atom is -0.392 e. The monoisotopic (exact) mass is 191 g/mol. The summed E-state index contributed by atoms with van der Waals surface area (Å²) >= 11 is 0. The van der Waals surface area contributed by atoms with Gasteiger partial charge in [0.1, 0.15) is 0 Å². The Morgan fingerprint density at radius 2 is 2.07 bits per heavy atom. The van der Waals surface area contributed by atoms with Gasteiger partial charge in [0.15, 0.2) is 0 Å². The van der Waals surface area contributed by atoms with Crippen LogP contribution in [0.25, 0.3) is 0 Å². The van der Waals surface area contributed by atoms with Crippen LogP contribution < -0.4 is 4.90 Å². The van der Waals surface area contributed by atoms with Crippen molar-refractivity contribution in [2.24, 2.45) is 0 Å². The molecule has 2 heteroatoms. The van der Waals surface area contributed by atoms with Crippen LogP contribution >= 0.6 is 0 Å². The lowest BCUT2D eigenvalue weighted by Crippen LogP contribution is -2.37. The van der Waals surface area contributed by atoms with Crippen molar-refractivity contribution in [2.75, 3.05) is 11.9 Å². The van der Waals surface area contributed by atoms with Gasteiger partial charge in [-0.3, -0.25) is 0 Å². The van der Waals surface area contributed by atoms with Crippen LogP contribution in [-0.2, 0) is 6.61 Å². The van der Waals surface area contributed by atoms with E-state index >= 15 is 0 Å². The first-order chi connectivity index (χ1) is 6.83. The molecule has 0 unspecified atom stereocenters. The van der Waals surface area contributed by atoms with Crippen molar-refractivity contribution < 1.29 is 5.11 Å². The summed E-state index contributed by atoms with van der Waals surface area (Å²) in [4.78, 5) is 2.30. The third-order valence-electron chi connectivity index (χ3n) is 3.16. The average Bonchev–Trinajstić information content (AvgIpc) is 2.15. The lowest BCUT2D eigenvalue weighted by atomic mass is 9.91. The molecule has 0 radical (unpaired) electrons. The number of rotatable bonds is 3. The van der Waals surface area contributed by atoms with Crippen LogP contribution in [0.4, 0.5) is 5.69 Å². The highest BCUT2D eigenvalue weighted by atomic mass is 16.3. The third kappa shape index (κ3) is 1.62. The average molecular weight is 191 g/mol. The minimum atomic E-state index is 0.132. The number of aliphatic hydroxyl groups is 1. The molecule has 1 aromatic carbocycles. The maximum absolute atomic E-state index is 9.21. The fourth-order valence-corrected chi connectivity index (χ4v) is 1.96. The molecular formula is C12H17NO. The first-order valence-corrected chi connectivity index (χ1v) is 5.24. The van der Waals surface area contributed by atoms with Gasteiger partial charge in [-0.25, -0.2) is 0 Å². The summed E-state index contributed by atoms with van der Waals surface area (Å²) in [6.07, 6.45) is 3.92. The van der Waals surface area contributed by atoms with E-state index < -0.39 is 0 Å². The van der Waals surface area contributed by atoms with Gasteiger partial charge in [0.25, 0.3) is 0 Å². The number of nitrogens with zero attached hydrogens (tertiary/aromatic N) is 1. The molecule has 0 saturated heterocycles. The molecule has 0 aromatic heterocycles. The largest absolute Gasteiger partial charge is 0.392 e. The normalized spacial score (nSPS) is 16.4. The topological polar surface area (TPSA) is 23.5 Å². The molecule has 1 fully saturated rings.